The summed E-state index contributed by atoms with van der Waals surface area (Å²) in [4.78, 5) is 18.7. The highest BCUT2D eigenvalue weighted by Crippen LogP contribution is 2.09. The molecule has 0 aliphatic heterocycles. The minimum absolute atomic E-state index is 0.0156. The second-order valence-electron chi connectivity index (χ2n) is 2.88. The number of hydrogen-bond acceptors (Lipinski definition) is 5. The molecule has 0 spiro atoms. The predicted molar refractivity (Wildman–Crippen MR) is 59.5 cm³/mol. The zero-order valence-corrected chi connectivity index (χ0v) is 9.74. The lowest BCUT2D eigenvalue weighted by Crippen LogP contribution is -2.34. The van der Waals surface area contributed by atoms with Crippen LogP contribution >= 0.6 is 0 Å². The molecule has 7 nitrogen and oxygen atoms in total. The van der Waals surface area contributed by atoms with Crippen molar-refractivity contribution in [2.45, 2.75) is 11.8 Å². The van der Waals surface area contributed by atoms with Gasteiger partial charge in [-0.3, -0.25) is 0 Å². The van der Waals surface area contributed by atoms with Gasteiger partial charge in [-0.1, -0.05) is 17.7 Å². The summed E-state index contributed by atoms with van der Waals surface area (Å²) in [5.41, 5.74) is 5.65. The number of benzene rings is 1. The van der Waals surface area contributed by atoms with Crippen LogP contribution in [0.1, 0.15) is 5.56 Å². The SMILES string of the molecule is Cc1ccc(S(=O)(=O)NC(N)=O)cc1.N=C=O. The molecule has 0 fully saturated rings. The molecule has 0 atom stereocenters. The van der Waals surface area contributed by atoms with Crippen molar-refractivity contribution in [1.29, 1.82) is 5.41 Å². The molecule has 17 heavy (non-hydrogen) atoms. The Balaban J connectivity index is 0.000000770. The van der Waals surface area contributed by atoms with Gasteiger partial charge in [0.2, 0.25) is 6.08 Å². The molecule has 8 heteroatoms. The maximum atomic E-state index is 11.3. The van der Waals surface area contributed by atoms with E-state index < -0.39 is 16.1 Å². The number of carbonyl (C=O) groups excluding carboxylic acids is 2. The van der Waals surface area contributed by atoms with Crippen molar-refractivity contribution in [2.24, 2.45) is 5.73 Å². The molecule has 0 saturated heterocycles. The van der Waals surface area contributed by atoms with Crippen molar-refractivity contribution >= 4 is 22.1 Å². The second kappa shape index (κ2) is 6.41. The summed E-state index contributed by atoms with van der Waals surface area (Å²) in [6.45, 7) is 1.83. The highest BCUT2D eigenvalue weighted by molar-refractivity contribution is 7.90. The van der Waals surface area contributed by atoms with Crippen molar-refractivity contribution in [3.8, 4) is 0 Å². The Labute approximate surface area is 98.2 Å². The molecular weight excluding hydrogens is 246 g/mol. The van der Waals surface area contributed by atoms with Crippen LogP contribution in [-0.2, 0) is 14.8 Å². The smallest absolute Gasteiger partial charge is 0.326 e. The second-order valence-corrected chi connectivity index (χ2v) is 4.57. The molecule has 0 aliphatic rings. The topological polar surface area (TPSA) is 130 Å². The van der Waals surface area contributed by atoms with Gasteiger partial charge in [-0.15, -0.1) is 0 Å². The lowest BCUT2D eigenvalue weighted by Gasteiger charge is -2.03. The summed E-state index contributed by atoms with van der Waals surface area (Å²) in [7, 11) is -3.80. The van der Waals surface area contributed by atoms with Crippen molar-refractivity contribution in [1.82, 2.24) is 4.72 Å². The number of rotatable bonds is 2. The van der Waals surface area contributed by atoms with E-state index in [-0.39, 0.29) is 4.90 Å². The number of carbonyl (C=O) groups is 1. The van der Waals surface area contributed by atoms with E-state index in [1.165, 1.54) is 12.1 Å². The molecule has 0 aliphatic carbocycles. The van der Waals surface area contributed by atoms with Gasteiger partial charge in [-0.2, -0.15) is 0 Å². The van der Waals surface area contributed by atoms with E-state index in [2.05, 4.69) is 0 Å². The quantitative estimate of drug-likeness (QED) is 0.517. The molecule has 0 bridgehead atoms. The van der Waals surface area contributed by atoms with Gasteiger partial charge in [0.25, 0.3) is 10.0 Å². The number of aryl methyl sites for hydroxylation is 1. The van der Waals surface area contributed by atoms with Crippen LogP contribution in [0.2, 0.25) is 0 Å². The van der Waals surface area contributed by atoms with Crippen molar-refractivity contribution < 1.29 is 18.0 Å². The first-order chi connectivity index (χ1) is 7.83. The molecule has 4 N–H and O–H groups in total. The van der Waals surface area contributed by atoms with E-state index in [4.69, 9.17) is 15.9 Å². The van der Waals surface area contributed by atoms with Crippen LogP contribution in [0.25, 0.3) is 0 Å². The van der Waals surface area contributed by atoms with Crippen LogP contribution in [0.3, 0.4) is 0 Å². The normalized spacial score (nSPS) is 9.47. The van der Waals surface area contributed by atoms with Gasteiger partial charge in [0.05, 0.1) is 4.90 Å². The number of nitrogens with one attached hydrogen (secondary N) is 2. The van der Waals surface area contributed by atoms with Crippen molar-refractivity contribution in [2.75, 3.05) is 0 Å². The summed E-state index contributed by atoms with van der Waals surface area (Å²) in [5, 5.41) is 5.40. The number of nitrogens with two attached hydrogens (primary N) is 1. The number of hydrogen-bond donors (Lipinski definition) is 3. The van der Waals surface area contributed by atoms with E-state index in [9.17, 15) is 13.2 Å². The number of isocyanates is 1. The molecule has 92 valence electrons. The minimum Gasteiger partial charge on any atom is -0.351 e. The highest BCUT2D eigenvalue weighted by atomic mass is 32.2. The number of sulfonamides is 1. The molecule has 0 heterocycles. The van der Waals surface area contributed by atoms with Crippen LogP contribution in [0.15, 0.2) is 29.2 Å². The molecule has 0 saturated carbocycles. The van der Waals surface area contributed by atoms with Crippen LogP contribution in [0, 0.1) is 12.3 Å². The van der Waals surface area contributed by atoms with Crippen LogP contribution in [0.4, 0.5) is 4.79 Å². The molecule has 2 amide bonds. The Hall–Kier alpha value is -2.18. The van der Waals surface area contributed by atoms with Gasteiger partial charge in [0.1, 0.15) is 0 Å². The van der Waals surface area contributed by atoms with Gasteiger partial charge in [0, 0.05) is 0 Å². The average Bonchev–Trinajstić information content (AvgIpc) is 2.17. The summed E-state index contributed by atoms with van der Waals surface area (Å²) >= 11 is 0. The van der Waals surface area contributed by atoms with E-state index in [0.29, 0.717) is 0 Å². The molecule has 0 radical (unpaired) electrons. The van der Waals surface area contributed by atoms with E-state index in [0.717, 1.165) is 11.6 Å². The summed E-state index contributed by atoms with van der Waals surface area (Å²) < 4.78 is 24.3. The Bertz CT molecular complexity index is 516. The Morgan fingerprint density at radius 3 is 2.12 bits per heavy atom. The molecule has 1 rings (SSSR count). The number of amides is 2. The highest BCUT2D eigenvalue weighted by Gasteiger charge is 2.14. The first-order valence-electron chi connectivity index (χ1n) is 4.26. The maximum Gasteiger partial charge on any atom is 0.326 e. The zero-order valence-electron chi connectivity index (χ0n) is 8.93. The standard InChI is InChI=1S/C8H10N2O3S.CHNO/c1-6-2-4-7(5-3-6)14(12,13)10-8(9)11;2-1-3/h2-5H,1H3,(H3,9,10,11);2H. The van der Waals surface area contributed by atoms with Crippen LogP contribution in [-0.4, -0.2) is 20.5 Å². The fraction of sp³-hybridized carbons (Fsp3) is 0.111. The third kappa shape index (κ3) is 5.45. The Morgan fingerprint density at radius 2 is 1.76 bits per heavy atom. The first-order valence-corrected chi connectivity index (χ1v) is 5.74. The fourth-order valence-corrected chi connectivity index (χ4v) is 1.79. The van der Waals surface area contributed by atoms with Gasteiger partial charge in [-0.25, -0.2) is 28.1 Å². The minimum atomic E-state index is -3.80. The van der Waals surface area contributed by atoms with E-state index in [1.54, 1.807) is 16.9 Å². The summed E-state index contributed by atoms with van der Waals surface area (Å²) in [5.74, 6) is 0. The zero-order chi connectivity index (χ0) is 13.5. The number of urea groups is 1. The first kappa shape index (κ1) is 14.8. The third-order valence-corrected chi connectivity index (χ3v) is 2.93. The van der Waals surface area contributed by atoms with Gasteiger partial charge < -0.3 is 5.73 Å². The molecule has 0 aromatic heterocycles. The van der Waals surface area contributed by atoms with Gasteiger partial charge in [0.15, 0.2) is 0 Å². The molecule has 1 aromatic rings. The van der Waals surface area contributed by atoms with Crippen LogP contribution < -0.4 is 10.5 Å². The lowest BCUT2D eigenvalue weighted by atomic mass is 10.2. The van der Waals surface area contributed by atoms with E-state index in [1.807, 2.05) is 6.92 Å². The maximum absolute atomic E-state index is 11.3. The summed E-state index contributed by atoms with van der Waals surface area (Å²) in [6.07, 6.45) is 0.750. The fourth-order valence-electron chi connectivity index (χ4n) is 0.909. The molecule has 1 aromatic carbocycles. The largest absolute Gasteiger partial charge is 0.351 e. The summed E-state index contributed by atoms with van der Waals surface area (Å²) in [6, 6.07) is 4.98. The molecule has 0 unspecified atom stereocenters. The average molecular weight is 257 g/mol. The predicted octanol–water partition coefficient (Wildman–Crippen LogP) is 0.253. The van der Waals surface area contributed by atoms with Crippen LogP contribution in [0.5, 0.6) is 0 Å². The number of primary amides is 1. The monoisotopic (exact) mass is 257 g/mol. The third-order valence-electron chi connectivity index (χ3n) is 1.57. The Morgan fingerprint density at radius 1 is 1.35 bits per heavy atom. The van der Waals surface area contributed by atoms with Crippen molar-refractivity contribution in [3.05, 3.63) is 29.8 Å². The Kier molecular flexibility index (Phi) is 5.59. The molecular formula is C9H11N3O4S. The lowest BCUT2D eigenvalue weighted by molar-refractivity contribution is 0.253. The van der Waals surface area contributed by atoms with Crippen molar-refractivity contribution in [3.63, 3.8) is 0 Å². The van der Waals surface area contributed by atoms with E-state index >= 15 is 0 Å². The van der Waals surface area contributed by atoms with Gasteiger partial charge >= 0.3 is 6.03 Å². The van der Waals surface area contributed by atoms with Gasteiger partial charge in [-0.05, 0) is 19.1 Å².